The molecule has 2 aromatic rings. The molecule has 100 valence electrons. The first kappa shape index (κ1) is 12.1. The SMILES string of the molecule is Cn1nc(N2CCNCC2)nc1-c1ccccc1F. The molecule has 1 aromatic carbocycles. The number of nitrogens with zero attached hydrogens (tertiary/aromatic N) is 4. The molecule has 1 aromatic heterocycles. The minimum Gasteiger partial charge on any atom is -0.337 e. The predicted octanol–water partition coefficient (Wildman–Crippen LogP) is 1.03. The van der Waals surface area contributed by atoms with Gasteiger partial charge in [0.05, 0.1) is 5.56 Å². The van der Waals surface area contributed by atoms with Gasteiger partial charge in [-0.05, 0) is 12.1 Å². The van der Waals surface area contributed by atoms with E-state index in [2.05, 4.69) is 20.3 Å². The summed E-state index contributed by atoms with van der Waals surface area (Å²) < 4.78 is 15.4. The Hall–Kier alpha value is -1.95. The second kappa shape index (κ2) is 4.97. The van der Waals surface area contributed by atoms with Gasteiger partial charge >= 0.3 is 0 Å². The van der Waals surface area contributed by atoms with E-state index in [1.807, 2.05) is 0 Å². The third-order valence-electron chi connectivity index (χ3n) is 3.27. The number of nitrogens with one attached hydrogen (secondary N) is 1. The third-order valence-corrected chi connectivity index (χ3v) is 3.27. The molecule has 1 N–H and O–H groups in total. The fourth-order valence-electron chi connectivity index (χ4n) is 2.25. The first-order valence-corrected chi connectivity index (χ1v) is 6.37. The molecular weight excluding hydrogens is 245 g/mol. The zero-order valence-electron chi connectivity index (χ0n) is 10.8. The Bertz CT molecular complexity index is 574. The number of aromatic nitrogens is 3. The summed E-state index contributed by atoms with van der Waals surface area (Å²) in [6, 6.07) is 6.64. The zero-order valence-corrected chi connectivity index (χ0v) is 10.8. The Kier molecular flexibility index (Phi) is 3.16. The van der Waals surface area contributed by atoms with Crippen LogP contribution in [0, 0.1) is 5.82 Å². The van der Waals surface area contributed by atoms with Gasteiger partial charge in [0.1, 0.15) is 5.82 Å². The fourth-order valence-corrected chi connectivity index (χ4v) is 2.25. The van der Waals surface area contributed by atoms with Gasteiger partial charge in [0, 0.05) is 33.2 Å². The summed E-state index contributed by atoms with van der Waals surface area (Å²) in [4.78, 5) is 6.59. The molecule has 1 fully saturated rings. The maximum absolute atomic E-state index is 13.8. The van der Waals surface area contributed by atoms with E-state index in [0.717, 1.165) is 26.2 Å². The van der Waals surface area contributed by atoms with Gasteiger partial charge in [-0.3, -0.25) is 0 Å². The number of rotatable bonds is 2. The molecule has 1 saturated heterocycles. The average molecular weight is 261 g/mol. The summed E-state index contributed by atoms with van der Waals surface area (Å²) in [7, 11) is 1.79. The first-order chi connectivity index (χ1) is 9.25. The van der Waals surface area contributed by atoms with Gasteiger partial charge in [-0.15, -0.1) is 5.10 Å². The Labute approximate surface area is 111 Å². The molecule has 6 heteroatoms. The lowest BCUT2D eigenvalue weighted by molar-refractivity contribution is 0.578. The lowest BCUT2D eigenvalue weighted by atomic mass is 10.2. The quantitative estimate of drug-likeness (QED) is 0.877. The van der Waals surface area contributed by atoms with Gasteiger partial charge in [0.25, 0.3) is 0 Å². The standard InChI is InChI=1S/C13H16FN5/c1-18-12(10-4-2-3-5-11(10)14)16-13(17-18)19-8-6-15-7-9-19/h2-5,15H,6-9H2,1H3. The summed E-state index contributed by atoms with van der Waals surface area (Å²) in [5.41, 5.74) is 0.485. The van der Waals surface area contributed by atoms with E-state index in [-0.39, 0.29) is 5.82 Å². The van der Waals surface area contributed by atoms with Crippen LogP contribution in [0.5, 0.6) is 0 Å². The number of halogens is 1. The highest BCUT2D eigenvalue weighted by molar-refractivity contribution is 5.57. The number of aryl methyl sites for hydroxylation is 1. The maximum Gasteiger partial charge on any atom is 0.245 e. The molecule has 5 nitrogen and oxygen atoms in total. The van der Waals surface area contributed by atoms with Crippen molar-refractivity contribution in [3.8, 4) is 11.4 Å². The van der Waals surface area contributed by atoms with Crippen molar-refractivity contribution in [2.75, 3.05) is 31.1 Å². The lowest BCUT2D eigenvalue weighted by Gasteiger charge is -2.25. The van der Waals surface area contributed by atoms with E-state index in [1.54, 1.807) is 29.9 Å². The summed E-state index contributed by atoms with van der Waals surface area (Å²) in [5, 5.41) is 7.67. The Morgan fingerprint density at radius 3 is 2.68 bits per heavy atom. The van der Waals surface area contributed by atoms with Crippen molar-refractivity contribution in [2.45, 2.75) is 0 Å². The Morgan fingerprint density at radius 2 is 1.95 bits per heavy atom. The van der Waals surface area contributed by atoms with Gasteiger partial charge in [-0.1, -0.05) is 12.1 Å². The van der Waals surface area contributed by atoms with E-state index in [9.17, 15) is 4.39 Å². The highest BCUT2D eigenvalue weighted by Gasteiger charge is 2.18. The monoisotopic (exact) mass is 261 g/mol. The molecule has 2 heterocycles. The van der Waals surface area contributed by atoms with Crippen molar-refractivity contribution in [2.24, 2.45) is 7.05 Å². The molecule has 0 unspecified atom stereocenters. The summed E-state index contributed by atoms with van der Waals surface area (Å²) in [6.45, 7) is 3.60. The van der Waals surface area contributed by atoms with Crippen LogP contribution < -0.4 is 10.2 Å². The molecule has 0 bridgehead atoms. The van der Waals surface area contributed by atoms with Gasteiger partial charge in [-0.25, -0.2) is 9.07 Å². The van der Waals surface area contributed by atoms with Crippen LogP contribution in [0.15, 0.2) is 24.3 Å². The molecule has 0 aliphatic carbocycles. The number of hydrogen-bond donors (Lipinski definition) is 1. The fraction of sp³-hybridized carbons (Fsp3) is 0.385. The largest absolute Gasteiger partial charge is 0.337 e. The molecule has 0 atom stereocenters. The van der Waals surface area contributed by atoms with Crippen molar-refractivity contribution in [3.05, 3.63) is 30.1 Å². The van der Waals surface area contributed by atoms with Gasteiger partial charge in [0.2, 0.25) is 5.95 Å². The molecule has 19 heavy (non-hydrogen) atoms. The van der Waals surface area contributed by atoms with E-state index in [4.69, 9.17) is 0 Å². The van der Waals surface area contributed by atoms with Crippen LogP contribution >= 0.6 is 0 Å². The molecule has 1 aliphatic heterocycles. The van der Waals surface area contributed by atoms with E-state index >= 15 is 0 Å². The number of hydrogen-bond acceptors (Lipinski definition) is 4. The van der Waals surface area contributed by atoms with E-state index in [0.29, 0.717) is 17.3 Å². The van der Waals surface area contributed by atoms with Crippen LogP contribution in [0.1, 0.15) is 0 Å². The number of piperazine rings is 1. The summed E-state index contributed by atoms with van der Waals surface area (Å²) in [5.74, 6) is 0.957. The highest BCUT2D eigenvalue weighted by Crippen LogP contribution is 2.22. The van der Waals surface area contributed by atoms with Crippen molar-refractivity contribution in [1.82, 2.24) is 20.1 Å². The second-order valence-corrected chi connectivity index (χ2v) is 4.58. The average Bonchev–Trinajstić information content (AvgIpc) is 2.82. The van der Waals surface area contributed by atoms with Crippen LogP contribution in [0.3, 0.4) is 0 Å². The van der Waals surface area contributed by atoms with Crippen molar-refractivity contribution in [1.29, 1.82) is 0 Å². The summed E-state index contributed by atoms with van der Waals surface area (Å²) >= 11 is 0. The molecule has 1 aliphatic rings. The molecule has 3 rings (SSSR count). The van der Waals surface area contributed by atoms with E-state index < -0.39 is 0 Å². The maximum atomic E-state index is 13.8. The minimum absolute atomic E-state index is 0.273. The lowest BCUT2D eigenvalue weighted by Crippen LogP contribution is -2.44. The van der Waals surface area contributed by atoms with Crippen molar-refractivity contribution >= 4 is 5.95 Å². The topological polar surface area (TPSA) is 46.0 Å². The van der Waals surface area contributed by atoms with Crippen LogP contribution in [-0.4, -0.2) is 40.9 Å². The highest BCUT2D eigenvalue weighted by atomic mass is 19.1. The molecule has 0 spiro atoms. The third kappa shape index (κ3) is 2.31. The predicted molar refractivity (Wildman–Crippen MR) is 71.5 cm³/mol. The number of benzene rings is 1. The van der Waals surface area contributed by atoms with Crippen molar-refractivity contribution in [3.63, 3.8) is 0 Å². The molecule has 0 amide bonds. The normalized spacial score (nSPS) is 15.8. The van der Waals surface area contributed by atoms with Gasteiger partial charge < -0.3 is 10.2 Å². The van der Waals surface area contributed by atoms with Crippen LogP contribution in [0.2, 0.25) is 0 Å². The smallest absolute Gasteiger partial charge is 0.245 e. The van der Waals surface area contributed by atoms with Crippen LogP contribution in [0.4, 0.5) is 10.3 Å². The van der Waals surface area contributed by atoms with Crippen LogP contribution in [0.25, 0.3) is 11.4 Å². The van der Waals surface area contributed by atoms with Crippen molar-refractivity contribution < 1.29 is 4.39 Å². The van der Waals surface area contributed by atoms with E-state index in [1.165, 1.54) is 6.07 Å². The first-order valence-electron chi connectivity index (χ1n) is 6.37. The molecule has 0 radical (unpaired) electrons. The minimum atomic E-state index is -0.273. The Balaban J connectivity index is 1.95. The number of anilines is 1. The van der Waals surface area contributed by atoms with Gasteiger partial charge in [0.15, 0.2) is 5.82 Å². The molecule has 0 saturated carbocycles. The zero-order chi connectivity index (χ0) is 13.2. The van der Waals surface area contributed by atoms with Gasteiger partial charge in [-0.2, -0.15) is 4.98 Å². The summed E-state index contributed by atoms with van der Waals surface area (Å²) in [6.07, 6.45) is 0. The second-order valence-electron chi connectivity index (χ2n) is 4.58. The molecular formula is C13H16FN5. The van der Waals surface area contributed by atoms with Crippen LogP contribution in [-0.2, 0) is 7.05 Å². The Morgan fingerprint density at radius 1 is 1.21 bits per heavy atom.